The van der Waals surface area contributed by atoms with Crippen molar-refractivity contribution in [3.8, 4) is 0 Å². The van der Waals surface area contributed by atoms with Gasteiger partial charge >= 0.3 is 0 Å². The van der Waals surface area contributed by atoms with Gasteiger partial charge < -0.3 is 5.11 Å². The second-order valence-electron chi connectivity index (χ2n) is 4.91. The smallest absolute Gasteiger partial charge is 0.240 e. The zero-order valence-corrected chi connectivity index (χ0v) is 12.1. The molecule has 1 aromatic carbocycles. The Labute approximate surface area is 118 Å². The lowest BCUT2D eigenvalue weighted by Gasteiger charge is -2.30. The number of sulfonamides is 1. The Kier molecular flexibility index (Phi) is 4.84. The quantitative estimate of drug-likeness (QED) is 0.896. The second kappa shape index (κ2) is 6.22. The van der Waals surface area contributed by atoms with Crippen LogP contribution in [0.15, 0.2) is 29.2 Å². The summed E-state index contributed by atoms with van der Waals surface area (Å²) in [5.74, 6) is 0.00251. The van der Waals surface area contributed by atoms with Gasteiger partial charge in [0.25, 0.3) is 0 Å². The highest BCUT2D eigenvalue weighted by molar-refractivity contribution is 7.89. The average Bonchev–Trinajstić information content (AvgIpc) is 2.39. The molecular weight excluding hydrogens is 286 g/mol. The third-order valence-electron chi connectivity index (χ3n) is 3.56. The van der Waals surface area contributed by atoms with Gasteiger partial charge in [-0.25, -0.2) is 13.1 Å². The Morgan fingerprint density at radius 3 is 2.74 bits per heavy atom. The zero-order chi connectivity index (χ0) is 13.9. The molecule has 0 bridgehead atoms. The van der Waals surface area contributed by atoms with Crippen molar-refractivity contribution in [3.05, 3.63) is 29.3 Å². The molecule has 2 rings (SSSR count). The van der Waals surface area contributed by atoms with E-state index in [4.69, 9.17) is 11.6 Å². The van der Waals surface area contributed by atoms with Crippen LogP contribution in [0.1, 0.15) is 25.7 Å². The summed E-state index contributed by atoms with van der Waals surface area (Å²) in [6, 6.07) is 6.01. The van der Waals surface area contributed by atoms with Crippen molar-refractivity contribution in [1.82, 2.24) is 4.72 Å². The summed E-state index contributed by atoms with van der Waals surface area (Å²) in [7, 11) is -3.57. The van der Waals surface area contributed by atoms with Crippen LogP contribution in [0.25, 0.3) is 0 Å². The van der Waals surface area contributed by atoms with Gasteiger partial charge in [-0.2, -0.15) is 0 Å². The lowest BCUT2D eigenvalue weighted by atomic mass is 9.86. The van der Waals surface area contributed by atoms with Crippen molar-refractivity contribution >= 4 is 21.6 Å². The first-order valence-corrected chi connectivity index (χ1v) is 8.28. The third kappa shape index (κ3) is 3.69. The normalized spacial score (nSPS) is 24.3. The molecule has 1 saturated carbocycles. The summed E-state index contributed by atoms with van der Waals surface area (Å²) < 4.78 is 27.2. The molecule has 2 N–H and O–H groups in total. The first-order chi connectivity index (χ1) is 9.03. The average molecular weight is 304 g/mol. The fourth-order valence-electron chi connectivity index (χ4n) is 2.48. The molecule has 6 heteroatoms. The van der Waals surface area contributed by atoms with Gasteiger partial charge in [0, 0.05) is 17.7 Å². The number of halogens is 1. The van der Waals surface area contributed by atoms with Crippen molar-refractivity contribution in [2.24, 2.45) is 5.92 Å². The Hall–Kier alpha value is -0.620. The monoisotopic (exact) mass is 303 g/mol. The predicted octanol–water partition coefficient (Wildman–Crippen LogP) is 2.17. The van der Waals surface area contributed by atoms with Crippen LogP contribution in [0.2, 0.25) is 5.02 Å². The summed E-state index contributed by atoms with van der Waals surface area (Å²) in [6.07, 6.45) is 3.66. The van der Waals surface area contributed by atoms with E-state index in [1.807, 2.05) is 0 Å². The number of aliphatic hydroxyl groups is 1. The summed E-state index contributed by atoms with van der Waals surface area (Å²) in [4.78, 5) is 0.169. The van der Waals surface area contributed by atoms with Crippen LogP contribution >= 0.6 is 11.6 Å². The molecule has 1 aliphatic carbocycles. The van der Waals surface area contributed by atoms with Crippen LogP contribution in [-0.2, 0) is 10.0 Å². The number of rotatable bonds is 4. The molecule has 0 spiro atoms. The molecule has 1 aliphatic rings. The second-order valence-corrected chi connectivity index (χ2v) is 7.06. The molecule has 0 aliphatic heterocycles. The first kappa shape index (κ1) is 14.8. The van der Waals surface area contributed by atoms with Gasteiger partial charge in [-0.05, 0) is 37.0 Å². The molecule has 0 saturated heterocycles. The van der Waals surface area contributed by atoms with Gasteiger partial charge in [0.1, 0.15) is 0 Å². The van der Waals surface area contributed by atoms with Gasteiger partial charge in [0.15, 0.2) is 0 Å². The van der Waals surface area contributed by atoms with Crippen molar-refractivity contribution in [2.45, 2.75) is 36.6 Å². The Morgan fingerprint density at radius 1 is 1.32 bits per heavy atom. The van der Waals surface area contributed by atoms with Crippen LogP contribution in [0.5, 0.6) is 0 Å². The van der Waals surface area contributed by atoms with Gasteiger partial charge in [-0.15, -0.1) is 0 Å². The molecule has 2 unspecified atom stereocenters. The maximum Gasteiger partial charge on any atom is 0.240 e. The highest BCUT2D eigenvalue weighted by Gasteiger charge is 2.29. The molecule has 0 radical (unpaired) electrons. The molecule has 0 heterocycles. The fraction of sp³-hybridized carbons (Fsp3) is 0.538. The molecule has 0 aromatic heterocycles. The van der Waals surface area contributed by atoms with Gasteiger partial charge in [0.05, 0.1) is 4.90 Å². The zero-order valence-electron chi connectivity index (χ0n) is 10.5. The highest BCUT2D eigenvalue weighted by Crippen LogP contribution is 2.26. The Bertz CT molecular complexity index is 532. The number of benzene rings is 1. The largest absolute Gasteiger partial charge is 0.396 e. The van der Waals surface area contributed by atoms with E-state index in [1.54, 1.807) is 12.1 Å². The van der Waals surface area contributed by atoms with E-state index < -0.39 is 10.0 Å². The molecular formula is C13H18ClNO3S. The predicted molar refractivity (Wildman–Crippen MR) is 74.6 cm³/mol. The molecule has 2 atom stereocenters. The first-order valence-electron chi connectivity index (χ1n) is 6.41. The van der Waals surface area contributed by atoms with Crippen LogP contribution in [-0.4, -0.2) is 26.2 Å². The maximum absolute atomic E-state index is 12.3. The minimum absolute atomic E-state index is 0.00251. The summed E-state index contributed by atoms with van der Waals surface area (Å²) in [5, 5.41) is 9.71. The highest BCUT2D eigenvalue weighted by atomic mass is 35.5. The number of nitrogens with one attached hydrogen (secondary N) is 1. The van der Waals surface area contributed by atoms with Crippen molar-refractivity contribution in [2.75, 3.05) is 6.61 Å². The van der Waals surface area contributed by atoms with Crippen LogP contribution in [0, 0.1) is 5.92 Å². The van der Waals surface area contributed by atoms with Gasteiger partial charge in [-0.1, -0.05) is 30.5 Å². The van der Waals surface area contributed by atoms with Crippen LogP contribution in [0.4, 0.5) is 0 Å². The minimum atomic E-state index is -3.57. The van der Waals surface area contributed by atoms with Gasteiger partial charge in [0.2, 0.25) is 10.0 Å². The molecule has 4 nitrogen and oxygen atoms in total. The fourth-order valence-corrected chi connectivity index (χ4v) is 4.12. The SMILES string of the molecule is O=S(=O)(NC1CCCCC1CO)c1cccc(Cl)c1. The Balaban J connectivity index is 2.16. The molecule has 1 fully saturated rings. The molecule has 1 aromatic rings. The molecule has 106 valence electrons. The van der Waals surface area contributed by atoms with E-state index in [0.29, 0.717) is 5.02 Å². The summed E-state index contributed by atoms with van der Waals surface area (Å²) in [6.45, 7) is 0.0166. The molecule has 19 heavy (non-hydrogen) atoms. The Morgan fingerprint density at radius 2 is 2.05 bits per heavy atom. The van der Waals surface area contributed by atoms with Gasteiger partial charge in [-0.3, -0.25) is 0 Å². The van der Waals surface area contributed by atoms with Crippen molar-refractivity contribution in [3.63, 3.8) is 0 Å². The van der Waals surface area contributed by atoms with E-state index in [-0.39, 0.29) is 23.5 Å². The van der Waals surface area contributed by atoms with Crippen molar-refractivity contribution < 1.29 is 13.5 Å². The third-order valence-corrected chi connectivity index (χ3v) is 5.28. The lowest BCUT2D eigenvalue weighted by molar-refractivity contribution is 0.164. The topological polar surface area (TPSA) is 66.4 Å². The van der Waals surface area contributed by atoms with E-state index in [9.17, 15) is 13.5 Å². The van der Waals surface area contributed by atoms with E-state index in [2.05, 4.69) is 4.72 Å². The van der Waals surface area contributed by atoms with E-state index >= 15 is 0 Å². The minimum Gasteiger partial charge on any atom is -0.396 e. The van der Waals surface area contributed by atoms with E-state index in [1.165, 1.54) is 12.1 Å². The number of hydrogen-bond donors (Lipinski definition) is 2. The standard InChI is InChI=1S/C13H18ClNO3S/c14-11-5-3-6-12(8-11)19(17,18)15-13-7-2-1-4-10(13)9-16/h3,5-6,8,10,13,15-16H,1-2,4,7,9H2. The number of hydrogen-bond acceptors (Lipinski definition) is 3. The van der Waals surface area contributed by atoms with Crippen LogP contribution < -0.4 is 4.72 Å². The lowest BCUT2D eigenvalue weighted by Crippen LogP contribution is -2.43. The summed E-state index contributed by atoms with van der Waals surface area (Å²) in [5.41, 5.74) is 0. The van der Waals surface area contributed by atoms with E-state index in [0.717, 1.165) is 25.7 Å². The van der Waals surface area contributed by atoms with Crippen molar-refractivity contribution in [1.29, 1.82) is 0 Å². The maximum atomic E-state index is 12.3. The summed E-state index contributed by atoms with van der Waals surface area (Å²) >= 11 is 5.82. The number of aliphatic hydroxyl groups excluding tert-OH is 1. The molecule has 0 amide bonds. The van der Waals surface area contributed by atoms with Crippen LogP contribution in [0.3, 0.4) is 0 Å².